The largest absolute Gasteiger partial charge is 0.356 e. The molecule has 6 rings (SSSR count). The predicted octanol–water partition coefficient (Wildman–Crippen LogP) is 10.0. The summed E-state index contributed by atoms with van der Waals surface area (Å²) in [5.41, 5.74) is 7.44. The molecule has 170 valence electrons. The van der Waals surface area contributed by atoms with Crippen molar-refractivity contribution >= 4 is 39.4 Å². The molecule has 0 fully saturated rings. The summed E-state index contributed by atoms with van der Waals surface area (Å²) in [4.78, 5) is 3.98. The van der Waals surface area contributed by atoms with E-state index in [9.17, 15) is 0 Å². The van der Waals surface area contributed by atoms with E-state index in [0.717, 1.165) is 17.8 Å². The highest BCUT2D eigenvalue weighted by atomic mass is 32.2. The third-order valence-electron chi connectivity index (χ3n) is 6.25. The van der Waals surface area contributed by atoms with E-state index in [1.807, 2.05) is 23.1 Å². The Labute approximate surface area is 215 Å². The van der Waals surface area contributed by atoms with Crippen LogP contribution < -0.4 is 5.32 Å². The van der Waals surface area contributed by atoms with Gasteiger partial charge < -0.3 is 5.32 Å². The van der Waals surface area contributed by atoms with Crippen LogP contribution in [-0.4, -0.2) is 0 Å². The summed E-state index contributed by atoms with van der Waals surface area (Å²) in [5.74, 6) is 0. The molecule has 2 heterocycles. The van der Waals surface area contributed by atoms with Crippen LogP contribution in [-0.2, 0) is 0 Å². The van der Waals surface area contributed by atoms with Crippen molar-refractivity contribution in [2.45, 2.75) is 11.7 Å². The minimum absolute atomic E-state index is 0.491. The molecule has 0 aliphatic carbocycles. The van der Waals surface area contributed by atoms with Gasteiger partial charge in [-0.2, -0.15) is 0 Å². The van der Waals surface area contributed by atoms with Crippen molar-refractivity contribution in [1.82, 2.24) is 0 Å². The van der Waals surface area contributed by atoms with Crippen LogP contribution in [0.15, 0.2) is 127 Å². The van der Waals surface area contributed by atoms with Gasteiger partial charge in [0.15, 0.2) is 0 Å². The first-order valence-corrected chi connectivity index (χ1v) is 13.6. The van der Waals surface area contributed by atoms with Crippen LogP contribution in [0.25, 0.3) is 25.8 Å². The zero-order chi connectivity index (χ0) is 23.5. The van der Waals surface area contributed by atoms with E-state index in [-0.39, 0.29) is 0 Å². The number of thioether (sulfide) groups is 1. The molecule has 1 aromatic heterocycles. The average Bonchev–Trinajstić information content (AvgIpc) is 3.62. The first kappa shape index (κ1) is 22.0. The smallest absolute Gasteiger partial charge is 0.0384 e. The lowest BCUT2D eigenvalue weighted by molar-refractivity contribution is 0.991. The highest BCUT2D eigenvalue weighted by Crippen LogP contribution is 2.48. The summed E-state index contributed by atoms with van der Waals surface area (Å²) in [7, 11) is 0. The fourth-order valence-electron chi connectivity index (χ4n) is 4.37. The van der Waals surface area contributed by atoms with Gasteiger partial charge in [0.25, 0.3) is 0 Å². The molecule has 1 aliphatic rings. The van der Waals surface area contributed by atoms with Gasteiger partial charge in [-0.05, 0) is 65.1 Å². The number of hydrogen-bond acceptors (Lipinski definition) is 3. The molecule has 0 saturated carbocycles. The van der Waals surface area contributed by atoms with Crippen LogP contribution in [0.1, 0.15) is 22.8 Å². The molecule has 1 N–H and O–H groups in total. The summed E-state index contributed by atoms with van der Waals surface area (Å²) in [6.07, 6.45) is 3.45. The van der Waals surface area contributed by atoms with E-state index < -0.39 is 0 Å². The lowest BCUT2D eigenvalue weighted by Crippen LogP contribution is -1.93. The third-order valence-corrected chi connectivity index (χ3v) is 8.84. The number of rotatable bonds is 6. The molecule has 1 unspecified atom stereocenters. The Morgan fingerprint density at radius 1 is 0.543 bits per heavy atom. The fourth-order valence-corrected chi connectivity index (χ4v) is 6.65. The van der Waals surface area contributed by atoms with Gasteiger partial charge >= 0.3 is 0 Å². The molecule has 0 radical (unpaired) electrons. The Morgan fingerprint density at radius 2 is 1.09 bits per heavy atom. The van der Waals surface area contributed by atoms with Crippen molar-refractivity contribution in [1.29, 1.82) is 0 Å². The van der Waals surface area contributed by atoms with E-state index in [0.29, 0.717) is 5.25 Å². The van der Waals surface area contributed by atoms with Crippen LogP contribution in [0.2, 0.25) is 0 Å². The maximum atomic E-state index is 3.55. The molecular weight excluding hydrogens is 462 g/mol. The Balaban J connectivity index is 1.09. The van der Waals surface area contributed by atoms with Gasteiger partial charge in [0.2, 0.25) is 0 Å². The van der Waals surface area contributed by atoms with Crippen molar-refractivity contribution in [2.75, 3.05) is 5.32 Å². The molecule has 1 aliphatic heterocycles. The Bertz CT molecular complexity index is 1430. The predicted molar refractivity (Wildman–Crippen MR) is 154 cm³/mol. The molecule has 0 spiro atoms. The Morgan fingerprint density at radius 3 is 1.71 bits per heavy atom. The Hall–Kier alpha value is -3.53. The molecule has 5 aromatic rings. The molecule has 0 amide bonds. The van der Waals surface area contributed by atoms with E-state index in [1.54, 1.807) is 0 Å². The lowest BCUT2D eigenvalue weighted by Gasteiger charge is -2.13. The molecule has 0 saturated heterocycles. The van der Waals surface area contributed by atoms with E-state index >= 15 is 0 Å². The van der Waals surface area contributed by atoms with Crippen molar-refractivity contribution in [3.8, 4) is 20.9 Å². The second-order valence-corrected chi connectivity index (χ2v) is 11.0. The second kappa shape index (κ2) is 9.99. The quantitative estimate of drug-likeness (QED) is 0.256. The van der Waals surface area contributed by atoms with Crippen molar-refractivity contribution in [2.24, 2.45) is 0 Å². The number of allylic oxidation sites excluding steroid dienone is 1. The maximum absolute atomic E-state index is 3.55. The summed E-state index contributed by atoms with van der Waals surface area (Å²) in [5, 5.41) is 4.04. The van der Waals surface area contributed by atoms with Gasteiger partial charge in [-0.1, -0.05) is 91.0 Å². The zero-order valence-corrected chi connectivity index (χ0v) is 20.9. The number of benzene rings is 4. The first-order valence-electron chi connectivity index (χ1n) is 11.9. The number of anilines is 2. The normalized spacial score (nSPS) is 15.1. The molecule has 1 nitrogen and oxygen atoms in total. The number of thiophene rings is 1. The standard InChI is InChI=1S/C32H25NS2/c1-3-7-23(8-4-1)29-19-21-31(34-29)25-11-15-27(16-12-25)33-28-17-13-26(14-18-28)32-22-20-30(35-32)24-9-5-2-6-10-24/h1-21,32-33H,22H2. The number of hydrogen-bond donors (Lipinski definition) is 1. The van der Waals surface area contributed by atoms with Crippen LogP contribution >= 0.6 is 23.1 Å². The highest BCUT2D eigenvalue weighted by Gasteiger charge is 2.20. The zero-order valence-electron chi connectivity index (χ0n) is 19.2. The summed E-state index contributed by atoms with van der Waals surface area (Å²) in [6.45, 7) is 0. The lowest BCUT2D eigenvalue weighted by atomic mass is 10.1. The molecule has 3 heteroatoms. The molecular formula is C32H25NS2. The summed E-state index contributed by atoms with van der Waals surface area (Å²) < 4.78 is 0. The van der Waals surface area contributed by atoms with Gasteiger partial charge in [0.05, 0.1) is 0 Å². The third kappa shape index (κ3) is 4.97. The molecule has 35 heavy (non-hydrogen) atoms. The Kier molecular flexibility index (Phi) is 6.27. The number of nitrogens with one attached hydrogen (secondary N) is 1. The maximum Gasteiger partial charge on any atom is 0.0384 e. The van der Waals surface area contributed by atoms with Gasteiger partial charge in [0, 0.05) is 31.3 Å². The fraction of sp³-hybridized carbons (Fsp3) is 0.0625. The topological polar surface area (TPSA) is 12.0 Å². The minimum Gasteiger partial charge on any atom is -0.356 e. The van der Waals surface area contributed by atoms with Crippen molar-refractivity contribution < 1.29 is 0 Å². The van der Waals surface area contributed by atoms with Gasteiger partial charge in [0.1, 0.15) is 0 Å². The van der Waals surface area contributed by atoms with Crippen LogP contribution in [0, 0.1) is 0 Å². The van der Waals surface area contributed by atoms with Gasteiger partial charge in [-0.25, -0.2) is 0 Å². The first-order chi connectivity index (χ1) is 17.3. The van der Waals surface area contributed by atoms with E-state index in [1.165, 1.54) is 36.9 Å². The van der Waals surface area contributed by atoms with Gasteiger partial charge in [-0.3, -0.25) is 0 Å². The van der Waals surface area contributed by atoms with Crippen molar-refractivity contribution in [3.63, 3.8) is 0 Å². The van der Waals surface area contributed by atoms with E-state index in [2.05, 4.69) is 133 Å². The average molecular weight is 488 g/mol. The van der Waals surface area contributed by atoms with Gasteiger partial charge in [-0.15, -0.1) is 23.1 Å². The van der Waals surface area contributed by atoms with Crippen molar-refractivity contribution in [3.05, 3.63) is 139 Å². The molecule has 4 aromatic carbocycles. The second-order valence-electron chi connectivity index (χ2n) is 8.63. The molecule has 1 atom stereocenters. The van der Waals surface area contributed by atoms with E-state index in [4.69, 9.17) is 0 Å². The molecule has 0 bridgehead atoms. The summed E-state index contributed by atoms with van der Waals surface area (Å²) >= 11 is 3.80. The summed E-state index contributed by atoms with van der Waals surface area (Å²) in [6, 6.07) is 43.3. The minimum atomic E-state index is 0.491. The van der Waals surface area contributed by atoms with Crippen LogP contribution in [0.5, 0.6) is 0 Å². The van der Waals surface area contributed by atoms with Crippen LogP contribution in [0.4, 0.5) is 11.4 Å². The highest BCUT2D eigenvalue weighted by molar-refractivity contribution is 8.08. The monoisotopic (exact) mass is 487 g/mol. The SMILES string of the molecule is C1=C(c2ccccc2)SC(c2ccc(Nc3ccc(-c4ccc(-c5ccccc5)s4)cc3)cc2)C1. The van der Waals surface area contributed by atoms with Crippen LogP contribution in [0.3, 0.4) is 0 Å².